The normalized spacial score (nSPS) is 25.2. The van der Waals surface area contributed by atoms with Crippen LogP contribution in [0.1, 0.15) is 13.3 Å². The standard InChI is InChI=1S/C9H20N2O/c1-9(12)8-11-5-3-4-10(2)6-7-11/h9,12H,3-8H2,1-2H3/t9-/m1/s1. The molecule has 1 aliphatic rings. The van der Waals surface area contributed by atoms with Crippen molar-refractivity contribution >= 4 is 0 Å². The first-order chi connectivity index (χ1) is 5.68. The zero-order valence-electron chi connectivity index (χ0n) is 8.16. The van der Waals surface area contributed by atoms with Gasteiger partial charge in [0.15, 0.2) is 0 Å². The lowest BCUT2D eigenvalue weighted by atomic mass is 10.3. The number of hydrogen-bond donors (Lipinski definition) is 1. The van der Waals surface area contributed by atoms with Crippen LogP contribution in [0.25, 0.3) is 0 Å². The molecule has 0 aromatic carbocycles. The van der Waals surface area contributed by atoms with Crippen molar-refractivity contribution in [2.75, 3.05) is 39.8 Å². The fourth-order valence-corrected chi connectivity index (χ4v) is 1.66. The van der Waals surface area contributed by atoms with E-state index >= 15 is 0 Å². The second-order valence-corrected chi connectivity index (χ2v) is 3.81. The summed E-state index contributed by atoms with van der Waals surface area (Å²) in [5, 5.41) is 9.21. The number of aliphatic hydroxyl groups excluding tert-OH is 1. The summed E-state index contributed by atoms with van der Waals surface area (Å²) in [7, 11) is 2.16. The lowest BCUT2D eigenvalue weighted by Gasteiger charge is -2.21. The van der Waals surface area contributed by atoms with Gasteiger partial charge >= 0.3 is 0 Å². The van der Waals surface area contributed by atoms with Gasteiger partial charge in [-0.15, -0.1) is 0 Å². The lowest BCUT2D eigenvalue weighted by Crippen LogP contribution is -2.34. The maximum Gasteiger partial charge on any atom is 0.0639 e. The zero-order valence-corrected chi connectivity index (χ0v) is 8.16. The molecule has 0 aromatic heterocycles. The quantitative estimate of drug-likeness (QED) is 0.635. The van der Waals surface area contributed by atoms with Crippen molar-refractivity contribution in [2.45, 2.75) is 19.4 Å². The molecule has 1 fully saturated rings. The molecule has 1 aliphatic heterocycles. The number of nitrogens with zero attached hydrogens (tertiary/aromatic N) is 2. The number of β-amino-alcohol motifs (C(OH)–C–C–N with tert-alkyl or cyclic N) is 1. The van der Waals surface area contributed by atoms with Crippen molar-refractivity contribution in [1.82, 2.24) is 9.80 Å². The summed E-state index contributed by atoms with van der Waals surface area (Å²) in [4.78, 5) is 4.69. The Bertz CT molecular complexity index is 128. The highest BCUT2D eigenvalue weighted by Crippen LogP contribution is 2.01. The van der Waals surface area contributed by atoms with Crippen LogP contribution >= 0.6 is 0 Å². The summed E-state index contributed by atoms with van der Waals surface area (Å²) in [6, 6.07) is 0. The fraction of sp³-hybridized carbons (Fsp3) is 1.00. The first-order valence-electron chi connectivity index (χ1n) is 4.77. The summed E-state index contributed by atoms with van der Waals surface area (Å²) in [6.07, 6.45) is 1.04. The molecule has 0 aromatic rings. The minimum atomic E-state index is -0.187. The number of rotatable bonds is 2. The summed E-state index contributed by atoms with van der Waals surface area (Å²) < 4.78 is 0. The van der Waals surface area contributed by atoms with E-state index in [0.29, 0.717) is 0 Å². The van der Waals surface area contributed by atoms with Gasteiger partial charge in [0, 0.05) is 19.6 Å². The molecule has 1 atom stereocenters. The molecule has 0 saturated carbocycles. The van der Waals surface area contributed by atoms with Gasteiger partial charge in [-0.3, -0.25) is 4.90 Å². The van der Waals surface area contributed by atoms with Crippen molar-refractivity contribution in [1.29, 1.82) is 0 Å². The third-order valence-corrected chi connectivity index (χ3v) is 2.33. The second kappa shape index (κ2) is 4.80. The molecule has 0 spiro atoms. The molecule has 0 unspecified atom stereocenters. The Morgan fingerprint density at radius 2 is 2.00 bits per heavy atom. The minimum Gasteiger partial charge on any atom is -0.392 e. The van der Waals surface area contributed by atoms with Crippen LogP contribution in [-0.4, -0.2) is 60.8 Å². The maximum absolute atomic E-state index is 9.21. The van der Waals surface area contributed by atoms with Gasteiger partial charge in [-0.25, -0.2) is 0 Å². The van der Waals surface area contributed by atoms with Gasteiger partial charge in [0.2, 0.25) is 0 Å². The van der Waals surface area contributed by atoms with Crippen molar-refractivity contribution in [2.24, 2.45) is 0 Å². The number of likely N-dealkylation sites (N-methyl/N-ethyl adjacent to an activating group) is 1. The molecule has 1 N–H and O–H groups in total. The van der Waals surface area contributed by atoms with E-state index in [2.05, 4.69) is 16.8 Å². The van der Waals surface area contributed by atoms with Gasteiger partial charge in [0.25, 0.3) is 0 Å². The Hall–Kier alpha value is -0.120. The smallest absolute Gasteiger partial charge is 0.0639 e. The van der Waals surface area contributed by atoms with E-state index < -0.39 is 0 Å². The van der Waals surface area contributed by atoms with E-state index in [1.165, 1.54) is 13.0 Å². The minimum absolute atomic E-state index is 0.187. The van der Waals surface area contributed by atoms with Crippen molar-refractivity contribution in [3.63, 3.8) is 0 Å². The summed E-state index contributed by atoms with van der Waals surface area (Å²) >= 11 is 0. The molecule has 1 heterocycles. The van der Waals surface area contributed by atoms with Crippen LogP contribution in [0.3, 0.4) is 0 Å². The van der Waals surface area contributed by atoms with Crippen LogP contribution in [-0.2, 0) is 0 Å². The van der Waals surface area contributed by atoms with E-state index in [1.54, 1.807) is 0 Å². The summed E-state index contributed by atoms with van der Waals surface area (Å²) in [6.45, 7) is 7.24. The molecule has 12 heavy (non-hydrogen) atoms. The van der Waals surface area contributed by atoms with E-state index in [9.17, 15) is 5.11 Å². The Balaban J connectivity index is 2.26. The van der Waals surface area contributed by atoms with Crippen molar-refractivity contribution < 1.29 is 5.11 Å². The van der Waals surface area contributed by atoms with E-state index in [4.69, 9.17) is 0 Å². The highest BCUT2D eigenvalue weighted by molar-refractivity contribution is 4.68. The Labute approximate surface area is 75.0 Å². The van der Waals surface area contributed by atoms with Gasteiger partial charge in [-0.2, -0.15) is 0 Å². The van der Waals surface area contributed by atoms with Gasteiger partial charge in [-0.1, -0.05) is 0 Å². The van der Waals surface area contributed by atoms with E-state index in [1.807, 2.05) is 6.92 Å². The highest BCUT2D eigenvalue weighted by atomic mass is 16.3. The molecule has 0 amide bonds. The van der Waals surface area contributed by atoms with Crippen LogP contribution in [0.4, 0.5) is 0 Å². The summed E-state index contributed by atoms with van der Waals surface area (Å²) in [5.74, 6) is 0. The molecule has 3 heteroatoms. The third-order valence-electron chi connectivity index (χ3n) is 2.33. The first kappa shape index (κ1) is 9.96. The molecule has 72 valence electrons. The molecular formula is C9H20N2O. The van der Waals surface area contributed by atoms with Crippen LogP contribution in [0, 0.1) is 0 Å². The Kier molecular flexibility index (Phi) is 3.98. The Morgan fingerprint density at radius 3 is 2.67 bits per heavy atom. The fourth-order valence-electron chi connectivity index (χ4n) is 1.66. The molecule has 0 aliphatic carbocycles. The first-order valence-corrected chi connectivity index (χ1v) is 4.77. The van der Waals surface area contributed by atoms with Gasteiger partial charge < -0.3 is 10.0 Å². The molecule has 1 rings (SSSR count). The maximum atomic E-state index is 9.21. The summed E-state index contributed by atoms with van der Waals surface area (Å²) in [5.41, 5.74) is 0. The molecule has 1 saturated heterocycles. The SMILES string of the molecule is C[C@@H](O)CN1CCCN(C)CC1. The highest BCUT2D eigenvalue weighted by Gasteiger charge is 2.12. The van der Waals surface area contributed by atoms with Gasteiger partial charge in [0.05, 0.1) is 6.10 Å². The second-order valence-electron chi connectivity index (χ2n) is 3.81. The van der Waals surface area contributed by atoms with Crippen LogP contribution in [0.15, 0.2) is 0 Å². The molecule has 0 radical (unpaired) electrons. The van der Waals surface area contributed by atoms with Gasteiger partial charge in [-0.05, 0) is 33.5 Å². The zero-order chi connectivity index (χ0) is 8.97. The molecular weight excluding hydrogens is 152 g/mol. The monoisotopic (exact) mass is 172 g/mol. The predicted octanol–water partition coefficient (Wildman–Crippen LogP) is 0.00470. The average Bonchev–Trinajstić information content (AvgIpc) is 2.15. The predicted molar refractivity (Wildman–Crippen MR) is 50.2 cm³/mol. The van der Waals surface area contributed by atoms with Crippen molar-refractivity contribution in [3.8, 4) is 0 Å². The molecule has 0 bridgehead atoms. The van der Waals surface area contributed by atoms with Gasteiger partial charge in [0.1, 0.15) is 0 Å². The molecule has 3 nitrogen and oxygen atoms in total. The van der Waals surface area contributed by atoms with Crippen molar-refractivity contribution in [3.05, 3.63) is 0 Å². The van der Waals surface area contributed by atoms with Crippen LogP contribution in [0.2, 0.25) is 0 Å². The lowest BCUT2D eigenvalue weighted by molar-refractivity contribution is 0.129. The topological polar surface area (TPSA) is 26.7 Å². The Morgan fingerprint density at radius 1 is 1.25 bits per heavy atom. The van der Waals surface area contributed by atoms with E-state index in [0.717, 1.165) is 26.2 Å². The van der Waals surface area contributed by atoms with E-state index in [-0.39, 0.29) is 6.10 Å². The third kappa shape index (κ3) is 3.52. The van der Waals surface area contributed by atoms with Crippen LogP contribution in [0.5, 0.6) is 0 Å². The number of aliphatic hydroxyl groups is 1. The van der Waals surface area contributed by atoms with Crippen LogP contribution < -0.4 is 0 Å². The average molecular weight is 172 g/mol. The number of hydrogen-bond acceptors (Lipinski definition) is 3. The largest absolute Gasteiger partial charge is 0.392 e.